The molecule has 1 N–H and O–H groups in total. The molecule has 0 aromatic carbocycles. The van der Waals surface area contributed by atoms with Gasteiger partial charge in [0, 0.05) is 52.4 Å². The van der Waals surface area contributed by atoms with Crippen LogP contribution in [0.15, 0.2) is 0 Å². The first-order chi connectivity index (χ1) is 11.2. The molecule has 1 saturated carbocycles. The Morgan fingerprint density at radius 3 is 2.65 bits per heavy atom. The van der Waals surface area contributed by atoms with Crippen molar-refractivity contribution in [2.24, 2.45) is 5.92 Å². The highest BCUT2D eigenvalue weighted by Gasteiger charge is 2.40. The van der Waals surface area contributed by atoms with Gasteiger partial charge < -0.3 is 24.4 Å². The molecule has 0 aromatic heterocycles. The van der Waals surface area contributed by atoms with Crippen molar-refractivity contribution in [2.45, 2.75) is 50.2 Å². The fourth-order valence-corrected chi connectivity index (χ4v) is 4.04. The standard InChI is InChI=1S/C17H30N2O4/c1-21-12-14-2-4-15(5-3-14)18-16(20)19-8-11-23-17(13-19)6-9-22-10-7-17/h14-15H,2-13H2,1H3,(H,18,20). The van der Waals surface area contributed by atoms with E-state index in [9.17, 15) is 4.79 Å². The number of carbonyl (C=O) groups excluding carboxylic acids is 1. The Morgan fingerprint density at radius 2 is 1.96 bits per heavy atom. The van der Waals surface area contributed by atoms with Gasteiger partial charge in [-0.05, 0) is 31.6 Å². The largest absolute Gasteiger partial charge is 0.384 e. The van der Waals surface area contributed by atoms with Crippen LogP contribution in [0.4, 0.5) is 4.79 Å². The normalized spacial score (nSPS) is 31.1. The summed E-state index contributed by atoms with van der Waals surface area (Å²) in [6.45, 7) is 4.33. The quantitative estimate of drug-likeness (QED) is 0.859. The number of carbonyl (C=O) groups is 1. The van der Waals surface area contributed by atoms with Crippen LogP contribution in [0.1, 0.15) is 38.5 Å². The molecule has 6 nitrogen and oxygen atoms in total. The van der Waals surface area contributed by atoms with Crippen molar-refractivity contribution in [1.29, 1.82) is 0 Å². The lowest BCUT2D eigenvalue weighted by Crippen LogP contribution is -2.58. The van der Waals surface area contributed by atoms with Gasteiger partial charge in [-0.15, -0.1) is 0 Å². The topological polar surface area (TPSA) is 60.0 Å². The third-order valence-corrected chi connectivity index (χ3v) is 5.52. The molecule has 3 fully saturated rings. The molecule has 0 aromatic rings. The van der Waals surface area contributed by atoms with Crippen LogP contribution in [0.3, 0.4) is 0 Å². The van der Waals surface area contributed by atoms with Crippen molar-refractivity contribution < 1.29 is 19.0 Å². The number of nitrogens with zero attached hydrogens (tertiary/aromatic N) is 1. The first-order valence-electron chi connectivity index (χ1n) is 8.97. The Labute approximate surface area is 138 Å². The minimum absolute atomic E-state index is 0.0781. The van der Waals surface area contributed by atoms with Gasteiger partial charge in [-0.2, -0.15) is 0 Å². The molecule has 3 aliphatic rings. The molecule has 1 aliphatic carbocycles. The summed E-state index contributed by atoms with van der Waals surface area (Å²) in [6.07, 6.45) is 6.18. The summed E-state index contributed by atoms with van der Waals surface area (Å²) in [4.78, 5) is 14.5. The number of urea groups is 1. The molecule has 6 heteroatoms. The van der Waals surface area contributed by atoms with Crippen LogP contribution in [-0.4, -0.2) is 69.2 Å². The fourth-order valence-electron chi connectivity index (χ4n) is 4.04. The van der Waals surface area contributed by atoms with Crippen LogP contribution in [0.5, 0.6) is 0 Å². The number of amides is 2. The SMILES string of the molecule is COCC1CCC(NC(=O)N2CCOC3(CCOCC3)C2)CC1. The molecule has 23 heavy (non-hydrogen) atoms. The first-order valence-corrected chi connectivity index (χ1v) is 8.97. The number of nitrogens with one attached hydrogen (secondary N) is 1. The summed E-state index contributed by atoms with van der Waals surface area (Å²) in [7, 11) is 1.76. The molecular formula is C17H30N2O4. The number of ether oxygens (including phenoxy) is 3. The molecule has 3 rings (SSSR count). The summed E-state index contributed by atoms with van der Waals surface area (Å²) < 4.78 is 16.7. The maximum absolute atomic E-state index is 12.6. The van der Waals surface area contributed by atoms with Gasteiger partial charge in [-0.3, -0.25) is 0 Å². The highest BCUT2D eigenvalue weighted by molar-refractivity contribution is 5.74. The summed E-state index contributed by atoms with van der Waals surface area (Å²) in [5.41, 5.74) is -0.177. The van der Waals surface area contributed by atoms with Crippen molar-refractivity contribution in [3.05, 3.63) is 0 Å². The second-order valence-corrected chi connectivity index (χ2v) is 7.19. The van der Waals surface area contributed by atoms with E-state index in [2.05, 4.69) is 5.32 Å². The van der Waals surface area contributed by atoms with E-state index in [-0.39, 0.29) is 11.6 Å². The molecular weight excluding hydrogens is 296 g/mol. The number of rotatable bonds is 3. The summed E-state index contributed by atoms with van der Waals surface area (Å²) >= 11 is 0. The van der Waals surface area contributed by atoms with Crippen molar-refractivity contribution >= 4 is 6.03 Å². The third kappa shape index (κ3) is 4.37. The Kier molecular flexibility index (Phi) is 5.77. The number of hydrogen-bond donors (Lipinski definition) is 1. The van der Waals surface area contributed by atoms with E-state index >= 15 is 0 Å². The minimum Gasteiger partial charge on any atom is -0.384 e. The summed E-state index contributed by atoms with van der Waals surface area (Å²) in [5.74, 6) is 0.655. The van der Waals surface area contributed by atoms with Crippen LogP contribution in [0.25, 0.3) is 0 Å². The molecule has 0 atom stereocenters. The Balaban J connectivity index is 1.46. The Bertz CT molecular complexity index is 385. The van der Waals surface area contributed by atoms with Gasteiger partial charge >= 0.3 is 6.03 Å². The van der Waals surface area contributed by atoms with E-state index in [0.717, 1.165) is 58.3 Å². The molecule has 0 bridgehead atoms. The van der Waals surface area contributed by atoms with E-state index in [4.69, 9.17) is 14.2 Å². The second-order valence-electron chi connectivity index (χ2n) is 7.19. The van der Waals surface area contributed by atoms with Crippen LogP contribution < -0.4 is 5.32 Å². The van der Waals surface area contributed by atoms with Crippen molar-refractivity contribution in [2.75, 3.05) is 46.6 Å². The molecule has 132 valence electrons. The van der Waals surface area contributed by atoms with Gasteiger partial charge in [-0.25, -0.2) is 4.79 Å². The van der Waals surface area contributed by atoms with E-state index in [1.165, 1.54) is 0 Å². The van der Waals surface area contributed by atoms with Gasteiger partial charge in [0.2, 0.25) is 0 Å². The summed E-state index contributed by atoms with van der Waals surface area (Å²) in [5, 5.41) is 3.23. The number of hydrogen-bond acceptors (Lipinski definition) is 4. The zero-order valence-corrected chi connectivity index (χ0v) is 14.2. The predicted octanol–water partition coefficient (Wildman–Crippen LogP) is 1.78. The van der Waals surface area contributed by atoms with Gasteiger partial charge in [0.25, 0.3) is 0 Å². The molecule has 2 aliphatic heterocycles. The molecule has 0 unspecified atom stereocenters. The zero-order chi connectivity index (χ0) is 16.1. The average Bonchev–Trinajstić information content (AvgIpc) is 2.58. The Hall–Kier alpha value is -0.850. The fraction of sp³-hybridized carbons (Fsp3) is 0.941. The van der Waals surface area contributed by atoms with Crippen molar-refractivity contribution in [1.82, 2.24) is 10.2 Å². The van der Waals surface area contributed by atoms with Crippen molar-refractivity contribution in [3.63, 3.8) is 0 Å². The van der Waals surface area contributed by atoms with Crippen LogP contribution in [0.2, 0.25) is 0 Å². The number of morpholine rings is 1. The van der Waals surface area contributed by atoms with Crippen LogP contribution in [-0.2, 0) is 14.2 Å². The first kappa shape index (κ1) is 17.0. The van der Waals surface area contributed by atoms with Gasteiger partial charge in [-0.1, -0.05) is 0 Å². The lowest BCUT2D eigenvalue weighted by Gasteiger charge is -2.45. The van der Waals surface area contributed by atoms with E-state index in [1.54, 1.807) is 7.11 Å². The van der Waals surface area contributed by atoms with Gasteiger partial charge in [0.15, 0.2) is 0 Å². The monoisotopic (exact) mass is 326 g/mol. The Morgan fingerprint density at radius 1 is 1.22 bits per heavy atom. The lowest BCUT2D eigenvalue weighted by molar-refractivity contribution is -0.145. The molecule has 2 amide bonds. The molecule has 2 saturated heterocycles. The zero-order valence-electron chi connectivity index (χ0n) is 14.2. The highest BCUT2D eigenvalue weighted by atomic mass is 16.5. The molecule has 0 radical (unpaired) electrons. The maximum atomic E-state index is 12.6. The second kappa shape index (κ2) is 7.81. The molecule has 2 heterocycles. The van der Waals surface area contributed by atoms with Crippen LogP contribution in [0, 0.1) is 5.92 Å². The third-order valence-electron chi connectivity index (χ3n) is 5.52. The van der Waals surface area contributed by atoms with E-state index in [1.807, 2.05) is 4.90 Å². The number of methoxy groups -OCH3 is 1. The predicted molar refractivity (Wildman–Crippen MR) is 86.5 cm³/mol. The van der Waals surface area contributed by atoms with E-state index in [0.29, 0.717) is 31.7 Å². The summed E-state index contributed by atoms with van der Waals surface area (Å²) in [6, 6.07) is 0.387. The van der Waals surface area contributed by atoms with Crippen molar-refractivity contribution in [3.8, 4) is 0 Å². The highest BCUT2D eigenvalue weighted by Crippen LogP contribution is 2.29. The maximum Gasteiger partial charge on any atom is 0.317 e. The smallest absolute Gasteiger partial charge is 0.317 e. The minimum atomic E-state index is -0.177. The lowest BCUT2D eigenvalue weighted by atomic mass is 9.86. The van der Waals surface area contributed by atoms with Crippen LogP contribution >= 0.6 is 0 Å². The van der Waals surface area contributed by atoms with Gasteiger partial charge in [0.1, 0.15) is 0 Å². The van der Waals surface area contributed by atoms with Gasteiger partial charge in [0.05, 0.1) is 18.8 Å². The average molecular weight is 326 g/mol. The van der Waals surface area contributed by atoms with E-state index < -0.39 is 0 Å². The molecule has 1 spiro atoms.